The molecule has 7 nitrogen and oxygen atoms in total. The van der Waals surface area contributed by atoms with Gasteiger partial charge in [-0.05, 0) is 30.5 Å². The first kappa shape index (κ1) is 22.7. The molecule has 0 radical (unpaired) electrons. The zero-order valence-electron chi connectivity index (χ0n) is 16.5. The van der Waals surface area contributed by atoms with Gasteiger partial charge in [0, 0.05) is 36.6 Å². The first-order valence-corrected chi connectivity index (χ1v) is 10.3. The van der Waals surface area contributed by atoms with E-state index in [4.69, 9.17) is 9.90 Å². The Morgan fingerprint density at radius 1 is 1.23 bits per heavy atom. The lowest BCUT2D eigenvalue weighted by Crippen LogP contribution is -2.35. The van der Waals surface area contributed by atoms with Gasteiger partial charge in [-0.1, -0.05) is 6.07 Å². The molecule has 2 atom stereocenters. The molecule has 0 aliphatic carbocycles. The summed E-state index contributed by atoms with van der Waals surface area (Å²) in [7, 11) is 0. The molecule has 4 heterocycles. The minimum atomic E-state index is -5.08. The molecular weight excluding hydrogens is 435 g/mol. The number of halogens is 3. The van der Waals surface area contributed by atoms with Gasteiger partial charge in [-0.3, -0.25) is 14.6 Å². The number of likely N-dealkylation sites (tertiary alicyclic amines) is 2. The highest BCUT2D eigenvalue weighted by Crippen LogP contribution is 2.33. The van der Waals surface area contributed by atoms with Crippen LogP contribution < -0.4 is 0 Å². The van der Waals surface area contributed by atoms with Crippen LogP contribution in [0.2, 0.25) is 0 Å². The highest BCUT2D eigenvalue weighted by atomic mass is 32.1. The van der Waals surface area contributed by atoms with Crippen molar-refractivity contribution in [1.82, 2.24) is 14.8 Å². The number of aromatic nitrogens is 1. The molecule has 0 spiro atoms. The molecule has 1 N–H and O–H groups in total. The molecular formula is C20H20F3N3O4S. The van der Waals surface area contributed by atoms with Crippen LogP contribution in [0.5, 0.6) is 0 Å². The van der Waals surface area contributed by atoms with E-state index in [2.05, 4.69) is 4.98 Å². The number of carboxylic acids is 1. The molecule has 0 unspecified atom stereocenters. The van der Waals surface area contributed by atoms with E-state index in [9.17, 15) is 22.8 Å². The van der Waals surface area contributed by atoms with E-state index in [-0.39, 0.29) is 23.7 Å². The van der Waals surface area contributed by atoms with Gasteiger partial charge < -0.3 is 14.9 Å². The summed E-state index contributed by atoms with van der Waals surface area (Å²) >= 11 is 1.52. The lowest BCUT2D eigenvalue weighted by atomic mass is 10.0. The summed E-state index contributed by atoms with van der Waals surface area (Å²) in [5.41, 5.74) is 2.62. The van der Waals surface area contributed by atoms with Crippen LogP contribution in [0, 0.1) is 18.8 Å². The summed E-state index contributed by atoms with van der Waals surface area (Å²) in [6.45, 7) is 4.44. The second kappa shape index (κ2) is 9.04. The topological polar surface area (TPSA) is 90.8 Å². The van der Waals surface area contributed by atoms with Crippen molar-refractivity contribution in [3.63, 3.8) is 0 Å². The van der Waals surface area contributed by atoms with Crippen molar-refractivity contribution in [3.05, 3.63) is 52.0 Å². The third kappa shape index (κ3) is 5.40. The second-order valence-corrected chi connectivity index (χ2v) is 8.16. The molecule has 166 valence electrons. The van der Waals surface area contributed by atoms with Crippen LogP contribution in [0.15, 0.2) is 35.0 Å². The number of nitrogens with zero attached hydrogens (tertiary/aromatic N) is 3. The van der Waals surface area contributed by atoms with Gasteiger partial charge in [0.2, 0.25) is 5.91 Å². The van der Waals surface area contributed by atoms with Crippen LogP contribution in [0.4, 0.5) is 13.2 Å². The molecule has 2 aromatic heterocycles. The number of amides is 2. The molecule has 4 rings (SSSR count). The molecule has 2 saturated heterocycles. The minimum absolute atomic E-state index is 0.0466. The van der Waals surface area contributed by atoms with Gasteiger partial charge in [0.25, 0.3) is 5.91 Å². The average molecular weight is 455 g/mol. The zero-order chi connectivity index (χ0) is 22.8. The average Bonchev–Trinajstić information content (AvgIpc) is 3.41. The summed E-state index contributed by atoms with van der Waals surface area (Å²) in [6, 6.07) is 7.73. The SMILES string of the molecule is Cc1cccc(CN2C[C@@H]3CN(C(=O)c4ccsc4)C[C@@H]3C2=O)n1.O=C(O)C(F)(F)F. The molecule has 11 heteroatoms. The number of pyridine rings is 1. The molecule has 2 aliphatic heterocycles. The largest absolute Gasteiger partial charge is 0.490 e. The molecule has 2 aliphatic rings. The first-order valence-electron chi connectivity index (χ1n) is 9.39. The van der Waals surface area contributed by atoms with Crippen LogP contribution >= 0.6 is 11.3 Å². The number of aryl methyl sites for hydroxylation is 1. The minimum Gasteiger partial charge on any atom is -0.475 e. The van der Waals surface area contributed by atoms with Gasteiger partial charge in [-0.2, -0.15) is 24.5 Å². The lowest BCUT2D eigenvalue weighted by molar-refractivity contribution is -0.192. The van der Waals surface area contributed by atoms with Crippen molar-refractivity contribution in [1.29, 1.82) is 0 Å². The molecule has 31 heavy (non-hydrogen) atoms. The quantitative estimate of drug-likeness (QED) is 0.769. The van der Waals surface area contributed by atoms with Crippen molar-refractivity contribution in [2.75, 3.05) is 19.6 Å². The number of fused-ring (bicyclic) bond motifs is 1. The predicted octanol–water partition coefficient (Wildman–Crippen LogP) is 2.82. The molecule has 0 saturated carbocycles. The number of carbonyl (C=O) groups excluding carboxylic acids is 2. The maximum atomic E-state index is 12.7. The third-order valence-electron chi connectivity index (χ3n) is 5.12. The number of rotatable bonds is 3. The van der Waals surface area contributed by atoms with Crippen LogP contribution in [-0.4, -0.2) is 63.5 Å². The Morgan fingerprint density at radius 2 is 1.94 bits per heavy atom. The third-order valence-corrected chi connectivity index (χ3v) is 5.80. The van der Waals surface area contributed by atoms with E-state index in [1.807, 2.05) is 51.7 Å². The predicted molar refractivity (Wildman–Crippen MR) is 105 cm³/mol. The Bertz CT molecular complexity index is 965. The van der Waals surface area contributed by atoms with E-state index >= 15 is 0 Å². The van der Waals surface area contributed by atoms with Crippen LogP contribution in [0.3, 0.4) is 0 Å². The maximum absolute atomic E-state index is 12.7. The zero-order valence-corrected chi connectivity index (χ0v) is 17.3. The van der Waals surface area contributed by atoms with Gasteiger partial charge in [0.1, 0.15) is 0 Å². The Balaban J connectivity index is 0.000000339. The smallest absolute Gasteiger partial charge is 0.475 e. The Labute approximate surface area is 180 Å². The van der Waals surface area contributed by atoms with Gasteiger partial charge >= 0.3 is 12.1 Å². The van der Waals surface area contributed by atoms with Gasteiger partial charge in [0.15, 0.2) is 0 Å². The molecule has 2 amide bonds. The normalized spacial score (nSPS) is 20.3. The number of carbonyl (C=O) groups is 3. The van der Waals surface area contributed by atoms with Crippen molar-refractivity contribution < 1.29 is 32.7 Å². The van der Waals surface area contributed by atoms with Gasteiger partial charge in [-0.15, -0.1) is 0 Å². The number of alkyl halides is 3. The molecule has 2 aromatic rings. The second-order valence-electron chi connectivity index (χ2n) is 7.38. The summed E-state index contributed by atoms with van der Waals surface area (Å²) in [5, 5.41) is 10.9. The van der Waals surface area contributed by atoms with Crippen molar-refractivity contribution in [2.45, 2.75) is 19.6 Å². The molecule has 0 aromatic carbocycles. The summed E-state index contributed by atoms with van der Waals surface area (Å²) in [6.07, 6.45) is -5.08. The number of thiophene rings is 1. The van der Waals surface area contributed by atoms with Crippen LogP contribution in [-0.2, 0) is 16.1 Å². The van der Waals surface area contributed by atoms with E-state index in [1.165, 1.54) is 11.3 Å². The van der Waals surface area contributed by atoms with E-state index < -0.39 is 12.1 Å². The number of hydrogen-bond donors (Lipinski definition) is 1. The summed E-state index contributed by atoms with van der Waals surface area (Å²) < 4.78 is 31.7. The van der Waals surface area contributed by atoms with Crippen molar-refractivity contribution in [3.8, 4) is 0 Å². The fourth-order valence-electron chi connectivity index (χ4n) is 3.70. The fraction of sp³-hybridized carbons (Fsp3) is 0.400. The van der Waals surface area contributed by atoms with E-state index in [0.29, 0.717) is 26.2 Å². The number of aliphatic carboxylic acids is 1. The number of hydrogen-bond acceptors (Lipinski definition) is 5. The maximum Gasteiger partial charge on any atom is 0.490 e. The Kier molecular flexibility index (Phi) is 6.63. The van der Waals surface area contributed by atoms with Crippen molar-refractivity contribution in [2.24, 2.45) is 11.8 Å². The van der Waals surface area contributed by atoms with Crippen LogP contribution in [0.25, 0.3) is 0 Å². The molecule has 0 bridgehead atoms. The highest BCUT2D eigenvalue weighted by molar-refractivity contribution is 7.08. The number of carboxylic acid groups (broad SMARTS) is 1. The van der Waals surface area contributed by atoms with Gasteiger partial charge in [0.05, 0.1) is 23.7 Å². The molecule has 2 fully saturated rings. The monoisotopic (exact) mass is 455 g/mol. The Hall–Kier alpha value is -2.95. The van der Waals surface area contributed by atoms with Crippen LogP contribution in [0.1, 0.15) is 21.7 Å². The highest BCUT2D eigenvalue weighted by Gasteiger charge is 2.47. The van der Waals surface area contributed by atoms with Gasteiger partial charge in [-0.25, -0.2) is 4.79 Å². The lowest BCUT2D eigenvalue weighted by Gasteiger charge is -2.21. The first-order chi connectivity index (χ1) is 14.6. The van der Waals surface area contributed by atoms with Crippen molar-refractivity contribution >= 4 is 29.1 Å². The standard InChI is InChI=1S/C18H19N3O2S.C2HF3O2/c1-12-3-2-4-15(19-12)9-20-7-14-8-21(10-16(14)18(20)23)17(22)13-5-6-24-11-13;3-2(4,5)1(6)7/h2-6,11,14,16H,7-10H2,1H3;(H,6,7)/t14-,16+;/m1./s1. The van der Waals surface area contributed by atoms with E-state index in [1.54, 1.807) is 0 Å². The fourth-order valence-corrected chi connectivity index (χ4v) is 4.33. The van der Waals surface area contributed by atoms with E-state index in [0.717, 1.165) is 17.0 Å². The summed E-state index contributed by atoms with van der Waals surface area (Å²) in [5.74, 6) is -2.37. The summed E-state index contributed by atoms with van der Waals surface area (Å²) in [4.78, 5) is 42.3. The Morgan fingerprint density at radius 3 is 2.48 bits per heavy atom.